The first-order chi connectivity index (χ1) is 13.8. The molecule has 2 aromatic rings. The van der Waals surface area contributed by atoms with Gasteiger partial charge in [0.15, 0.2) is 0 Å². The normalized spacial score (nSPS) is 13.3. The molecule has 0 saturated carbocycles. The lowest BCUT2D eigenvalue weighted by molar-refractivity contribution is -0.0501. The number of nitrogens with one attached hydrogen (secondary N) is 1. The Bertz CT molecular complexity index is 929. The average Bonchev–Trinajstić information content (AvgIpc) is 3.00. The SMILES string of the molecule is CC(C)OC(=O)c1c(NC(=O)c2cc(Br)ccc2OC(F)F)sc2c1CCCC2. The Balaban J connectivity index is 1.96. The molecule has 156 valence electrons. The minimum Gasteiger partial charge on any atom is -0.459 e. The van der Waals surface area contributed by atoms with Crippen LogP contribution in [0, 0.1) is 0 Å². The van der Waals surface area contributed by atoms with Gasteiger partial charge in [-0.3, -0.25) is 4.79 Å². The largest absolute Gasteiger partial charge is 0.459 e. The number of benzene rings is 1. The smallest absolute Gasteiger partial charge is 0.387 e. The second-order valence-corrected chi connectivity index (χ2v) is 8.86. The van der Waals surface area contributed by atoms with Crippen molar-refractivity contribution < 1.29 is 27.8 Å². The van der Waals surface area contributed by atoms with E-state index < -0.39 is 18.5 Å². The fraction of sp³-hybridized carbons (Fsp3) is 0.400. The van der Waals surface area contributed by atoms with Gasteiger partial charge in [-0.1, -0.05) is 15.9 Å². The van der Waals surface area contributed by atoms with Crippen LogP contribution in [0.3, 0.4) is 0 Å². The second kappa shape index (κ2) is 9.21. The Labute approximate surface area is 179 Å². The van der Waals surface area contributed by atoms with Gasteiger partial charge in [0.25, 0.3) is 5.91 Å². The van der Waals surface area contributed by atoms with Gasteiger partial charge >= 0.3 is 12.6 Å². The van der Waals surface area contributed by atoms with E-state index in [1.165, 1.54) is 29.5 Å². The molecule has 1 aromatic heterocycles. The van der Waals surface area contributed by atoms with E-state index in [9.17, 15) is 18.4 Å². The first kappa shape index (κ1) is 21.7. The number of ether oxygens (including phenoxy) is 2. The Morgan fingerprint density at radius 2 is 1.93 bits per heavy atom. The third-order valence-corrected chi connectivity index (χ3v) is 6.05. The molecule has 1 aliphatic rings. The predicted octanol–water partition coefficient (Wildman–Crippen LogP) is 5.81. The molecular formula is C20H20BrF2NO4S. The van der Waals surface area contributed by atoms with E-state index in [-0.39, 0.29) is 17.4 Å². The number of hydrogen-bond acceptors (Lipinski definition) is 5. The lowest BCUT2D eigenvalue weighted by Gasteiger charge is -2.14. The van der Waals surface area contributed by atoms with Crippen molar-refractivity contribution >= 4 is 44.1 Å². The van der Waals surface area contributed by atoms with Gasteiger partial charge in [0.1, 0.15) is 10.8 Å². The van der Waals surface area contributed by atoms with E-state index in [0.717, 1.165) is 36.1 Å². The topological polar surface area (TPSA) is 64.6 Å². The van der Waals surface area contributed by atoms with E-state index in [4.69, 9.17) is 4.74 Å². The number of halogens is 3. The summed E-state index contributed by atoms with van der Waals surface area (Å²) in [7, 11) is 0. The minimum atomic E-state index is -3.06. The van der Waals surface area contributed by atoms with Gasteiger partial charge in [0.2, 0.25) is 0 Å². The fourth-order valence-electron chi connectivity index (χ4n) is 3.19. The first-order valence-electron chi connectivity index (χ1n) is 9.17. The Hall–Kier alpha value is -2.00. The molecular weight excluding hydrogens is 468 g/mol. The molecule has 0 unspecified atom stereocenters. The highest BCUT2D eigenvalue weighted by molar-refractivity contribution is 9.10. The summed E-state index contributed by atoms with van der Waals surface area (Å²) in [6, 6.07) is 4.19. The van der Waals surface area contributed by atoms with Crippen LogP contribution in [0.2, 0.25) is 0 Å². The lowest BCUT2D eigenvalue weighted by Crippen LogP contribution is -2.18. The number of esters is 1. The van der Waals surface area contributed by atoms with Crippen molar-refractivity contribution in [3.05, 3.63) is 44.2 Å². The van der Waals surface area contributed by atoms with E-state index >= 15 is 0 Å². The molecule has 0 spiro atoms. The zero-order valence-electron chi connectivity index (χ0n) is 15.9. The number of carbonyl (C=O) groups is 2. The summed E-state index contributed by atoms with van der Waals surface area (Å²) in [5.41, 5.74) is 1.20. The molecule has 1 N–H and O–H groups in total. The fourth-order valence-corrected chi connectivity index (χ4v) is 4.83. The Kier molecular flexibility index (Phi) is 6.89. The molecule has 0 aliphatic heterocycles. The van der Waals surface area contributed by atoms with Crippen molar-refractivity contribution in [3.63, 3.8) is 0 Å². The van der Waals surface area contributed by atoms with Crippen LogP contribution in [0.15, 0.2) is 22.7 Å². The maximum atomic E-state index is 12.9. The van der Waals surface area contributed by atoms with E-state index in [0.29, 0.717) is 15.0 Å². The highest BCUT2D eigenvalue weighted by atomic mass is 79.9. The van der Waals surface area contributed by atoms with Crippen LogP contribution in [0.1, 0.15) is 57.8 Å². The summed E-state index contributed by atoms with van der Waals surface area (Å²) >= 11 is 4.56. The molecule has 0 atom stereocenters. The zero-order valence-corrected chi connectivity index (χ0v) is 18.3. The number of carbonyl (C=O) groups excluding carboxylic acids is 2. The number of anilines is 1. The van der Waals surface area contributed by atoms with Crippen molar-refractivity contribution in [2.75, 3.05) is 5.32 Å². The van der Waals surface area contributed by atoms with Crippen LogP contribution in [-0.2, 0) is 17.6 Å². The van der Waals surface area contributed by atoms with Crippen LogP contribution in [-0.4, -0.2) is 24.6 Å². The van der Waals surface area contributed by atoms with Crippen molar-refractivity contribution in [1.29, 1.82) is 0 Å². The number of hydrogen-bond donors (Lipinski definition) is 1. The molecule has 0 fully saturated rings. The number of fused-ring (bicyclic) bond motifs is 1. The first-order valence-corrected chi connectivity index (χ1v) is 10.8. The van der Waals surface area contributed by atoms with Gasteiger partial charge in [-0.2, -0.15) is 8.78 Å². The summed E-state index contributed by atoms with van der Waals surface area (Å²) in [5.74, 6) is -1.37. The minimum absolute atomic E-state index is 0.0609. The monoisotopic (exact) mass is 487 g/mol. The van der Waals surface area contributed by atoms with E-state index in [2.05, 4.69) is 26.0 Å². The molecule has 1 amide bonds. The molecule has 0 radical (unpaired) electrons. The Morgan fingerprint density at radius 1 is 1.21 bits per heavy atom. The van der Waals surface area contributed by atoms with E-state index in [1.54, 1.807) is 13.8 Å². The van der Waals surface area contributed by atoms with Crippen molar-refractivity contribution in [3.8, 4) is 5.75 Å². The van der Waals surface area contributed by atoms with Crippen LogP contribution >= 0.6 is 27.3 Å². The van der Waals surface area contributed by atoms with Crippen molar-refractivity contribution in [2.45, 2.75) is 52.2 Å². The molecule has 1 heterocycles. The lowest BCUT2D eigenvalue weighted by atomic mass is 9.95. The van der Waals surface area contributed by atoms with E-state index in [1.807, 2.05) is 0 Å². The quantitative estimate of drug-likeness (QED) is 0.522. The summed E-state index contributed by atoms with van der Waals surface area (Å²) in [6.45, 7) is 0.447. The molecule has 29 heavy (non-hydrogen) atoms. The maximum Gasteiger partial charge on any atom is 0.387 e. The highest BCUT2D eigenvalue weighted by Crippen LogP contribution is 2.39. The van der Waals surface area contributed by atoms with Crippen molar-refractivity contribution in [2.24, 2.45) is 0 Å². The highest BCUT2D eigenvalue weighted by Gasteiger charge is 2.28. The predicted molar refractivity (Wildman–Crippen MR) is 110 cm³/mol. The zero-order chi connectivity index (χ0) is 21.1. The molecule has 3 rings (SSSR count). The van der Waals surface area contributed by atoms with Gasteiger partial charge in [0, 0.05) is 9.35 Å². The van der Waals surface area contributed by atoms with Crippen LogP contribution in [0.25, 0.3) is 0 Å². The Morgan fingerprint density at radius 3 is 2.62 bits per heavy atom. The standard InChI is InChI=1S/C20H20BrF2NO4S/c1-10(2)27-19(26)16-12-5-3-4-6-15(12)29-18(16)24-17(25)13-9-11(21)7-8-14(13)28-20(22)23/h7-10,20H,3-6H2,1-2H3,(H,24,25). The summed E-state index contributed by atoms with van der Waals surface area (Å²) in [5, 5.41) is 3.08. The maximum absolute atomic E-state index is 12.9. The van der Waals surface area contributed by atoms with Crippen LogP contribution < -0.4 is 10.1 Å². The summed E-state index contributed by atoms with van der Waals surface area (Å²) < 4.78 is 35.8. The van der Waals surface area contributed by atoms with Crippen LogP contribution in [0.4, 0.5) is 13.8 Å². The molecule has 1 aliphatic carbocycles. The molecule has 1 aromatic carbocycles. The van der Waals surface area contributed by atoms with Gasteiger partial charge in [-0.05, 0) is 63.3 Å². The van der Waals surface area contributed by atoms with Gasteiger partial charge < -0.3 is 14.8 Å². The number of amides is 1. The average molecular weight is 488 g/mol. The van der Waals surface area contributed by atoms with Crippen molar-refractivity contribution in [1.82, 2.24) is 0 Å². The molecule has 0 bridgehead atoms. The summed E-state index contributed by atoms with van der Waals surface area (Å²) in [6.07, 6.45) is 3.23. The molecule has 9 heteroatoms. The summed E-state index contributed by atoms with van der Waals surface area (Å²) in [4.78, 5) is 26.6. The van der Waals surface area contributed by atoms with Gasteiger partial charge in [-0.15, -0.1) is 11.3 Å². The molecule has 5 nitrogen and oxygen atoms in total. The van der Waals surface area contributed by atoms with Gasteiger partial charge in [-0.25, -0.2) is 4.79 Å². The number of rotatable bonds is 6. The third-order valence-electron chi connectivity index (χ3n) is 4.35. The number of alkyl halides is 2. The third kappa shape index (κ3) is 5.14. The molecule has 0 saturated heterocycles. The second-order valence-electron chi connectivity index (χ2n) is 6.84. The van der Waals surface area contributed by atoms with Crippen LogP contribution in [0.5, 0.6) is 5.75 Å². The number of thiophene rings is 1. The van der Waals surface area contributed by atoms with Gasteiger partial charge in [0.05, 0.1) is 17.2 Å². The number of aryl methyl sites for hydroxylation is 1.